The molecule has 0 radical (unpaired) electrons. The molecular weight excluding hydrogens is 222 g/mol. The third kappa shape index (κ3) is 1.90. The van der Waals surface area contributed by atoms with Gasteiger partial charge in [-0.3, -0.25) is 0 Å². The molecule has 90 valence electrons. The lowest BCUT2D eigenvalue weighted by Gasteiger charge is -2.12. The molecule has 3 rings (SSSR count). The van der Waals surface area contributed by atoms with E-state index in [0.29, 0.717) is 6.61 Å². The van der Waals surface area contributed by atoms with E-state index in [0.717, 1.165) is 18.0 Å². The summed E-state index contributed by atoms with van der Waals surface area (Å²) in [7, 11) is 0. The highest BCUT2D eigenvalue weighted by Gasteiger charge is 2.17. The van der Waals surface area contributed by atoms with Crippen molar-refractivity contribution in [1.29, 1.82) is 0 Å². The average Bonchev–Trinajstić information content (AvgIpc) is 2.93. The van der Waals surface area contributed by atoms with Gasteiger partial charge in [0, 0.05) is 5.56 Å². The summed E-state index contributed by atoms with van der Waals surface area (Å²) < 4.78 is 5.63. The zero-order chi connectivity index (χ0) is 12.4. The number of aliphatic imine (C=N–C) groups is 1. The standard InChI is InChI=1S/C16H15NO/c1-12-6-5-9-14(13-7-3-2-4-8-13)15(12)16-17-10-11-18-16/h2-9H,10-11H2,1H3. The van der Waals surface area contributed by atoms with Crippen molar-refractivity contribution >= 4 is 5.90 Å². The molecule has 0 unspecified atom stereocenters. The third-order valence-corrected chi connectivity index (χ3v) is 3.16. The minimum absolute atomic E-state index is 0.692. The van der Waals surface area contributed by atoms with Crippen LogP contribution in [-0.2, 0) is 4.74 Å². The molecule has 0 fully saturated rings. The van der Waals surface area contributed by atoms with Crippen molar-refractivity contribution in [2.24, 2.45) is 4.99 Å². The number of ether oxygens (including phenoxy) is 1. The van der Waals surface area contributed by atoms with E-state index in [1.165, 1.54) is 16.7 Å². The molecule has 0 aromatic heterocycles. The fourth-order valence-electron chi connectivity index (χ4n) is 2.30. The first-order valence-corrected chi connectivity index (χ1v) is 6.19. The Morgan fingerprint density at radius 2 is 1.83 bits per heavy atom. The fraction of sp³-hybridized carbons (Fsp3) is 0.188. The quantitative estimate of drug-likeness (QED) is 0.784. The molecule has 2 nitrogen and oxygen atoms in total. The highest BCUT2D eigenvalue weighted by Crippen LogP contribution is 2.27. The first-order chi connectivity index (χ1) is 8.86. The molecule has 0 N–H and O–H groups in total. The topological polar surface area (TPSA) is 21.6 Å². The Labute approximate surface area is 107 Å². The van der Waals surface area contributed by atoms with Crippen LogP contribution in [0.25, 0.3) is 11.1 Å². The average molecular weight is 237 g/mol. The Balaban J connectivity index is 2.18. The number of hydrogen-bond donors (Lipinski definition) is 0. The Bertz CT molecular complexity index is 587. The van der Waals surface area contributed by atoms with Crippen LogP contribution in [0.4, 0.5) is 0 Å². The number of benzene rings is 2. The number of hydrogen-bond acceptors (Lipinski definition) is 2. The van der Waals surface area contributed by atoms with Crippen molar-refractivity contribution < 1.29 is 4.74 Å². The fourth-order valence-corrected chi connectivity index (χ4v) is 2.30. The molecule has 0 amide bonds. The second-order valence-corrected chi connectivity index (χ2v) is 4.40. The minimum atomic E-state index is 0.692. The predicted octanol–water partition coefficient (Wildman–Crippen LogP) is 3.44. The van der Waals surface area contributed by atoms with Crippen LogP contribution in [0.2, 0.25) is 0 Å². The summed E-state index contributed by atoms with van der Waals surface area (Å²) in [6, 6.07) is 16.7. The number of nitrogens with zero attached hydrogens (tertiary/aromatic N) is 1. The lowest BCUT2D eigenvalue weighted by atomic mass is 9.96. The predicted molar refractivity (Wildman–Crippen MR) is 74.0 cm³/mol. The van der Waals surface area contributed by atoms with Crippen LogP contribution in [0.1, 0.15) is 11.1 Å². The van der Waals surface area contributed by atoms with Gasteiger partial charge in [0.15, 0.2) is 0 Å². The molecular formula is C16H15NO. The third-order valence-electron chi connectivity index (χ3n) is 3.16. The molecule has 0 aliphatic carbocycles. The van der Waals surface area contributed by atoms with E-state index in [4.69, 9.17) is 4.74 Å². The van der Waals surface area contributed by atoms with E-state index in [1.54, 1.807) is 0 Å². The van der Waals surface area contributed by atoms with E-state index in [9.17, 15) is 0 Å². The molecule has 0 atom stereocenters. The zero-order valence-corrected chi connectivity index (χ0v) is 10.4. The molecule has 2 aromatic rings. The van der Waals surface area contributed by atoms with Gasteiger partial charge in [0.2, 0.25) is 5.90 Å². The highest BCUT2D eigenvalue weighted by molar-refractivity contribution is 6.02. The van der Waals surface area contributed by atoms with Gasteiger partial charge in [0.25, 0.3) is 0 Å². The molecule has 1 aliphatic rings. The minimum Gasteiger partial charge on any atom is -0.475 e. The maximum Gasteiger partial charge on any atom is 0.217 e. The van der Waals surface area contributed by atoms with Gasteiger partial charge in [-0.15, -0.1) is 0 Å². The molecule has 0 saturated carbocycles. The van der Waals surface area contributed by atoms with Crippen molar-refractivity contribution in [3.8, 4) is 11.1 Å². The summed E-state index contributed by atoms with van der Waals surface area (Å²) in [5, 5.41) is 0. The normalized spacial score (nSPS) is 14.2. The zero-order valence-electron chi connectivity index (χ0n) is 10.4. The maximum atomic E-state index is 5.63. The monoisotopic (exact) mass is 237 g/mol. The largest absolute Gasteiger partial charge is 0.475 e. The number of aryl methyl sites for hydroxylation is 1. The SMILES string of the molecule is Cc1cccc(-c2ccccc2)c1C1=NCCO1. The van der Waals surface area contributed by atoms with Crippen LogP contribution < -0.4 is 0 Å². The molecule has 1 aliphatic heterocycles. The smallest absolute Gasteiger partial charge is 0.217 e. The van der Waals surface area contributed by atoms with Gasteiger partial charge >= 0.3 is 0 Å². The molecule has 2 heteroatoms. The Morgan fingerprint density at radius 1 is 1.00 bits per heavy atom. The van der Waals surface area contributed by atoms with Gasteiger partial charge in [-0.1, -0.05) is 48.5 Å². The van der Waals surface area contributed by atoms with Crippen LogP contribution in [0.3, 0.4) is 0 Å². The van der Waals surface area contributed by atoms with Gasteiger partial charge in [-0.05, 0) is 23.6 Å². The lowest BCUT2D eigenvalue weighted by Crippen LogP contribution is -2.05. The maximum absolute atomic E-state index is 5.63. The van der Waals surface area contributed by atoms with Gasteiger partial charge in [0.05, 0.1) is 6.54 Å². The van der Waals surface area contributed by atoms with Gasteiger partial charge in [-0.2, -0.15) is 0 Å². The second kappa shape index (κ2) is 4.65. The van der Waals surface area contributed by atoms with Crippen molar-refractivity contribution in [3.63, 3.8) is 0 Å². The Hall–Kier alpha value is -2.09. The highest BCUT2D eigenvalue weighted by atomic mass is 16.5. The first-order valence-electron chi connectivity index (χ1n) is 6.19. The van der Waals surface area contributed by atoms with Crippen LogP contribution in [0.15, 0.2) is 53.5 Å². The van der Waals surface area contributed by atoms with E-state index in [1.807, 2.05) is 6.07 Å². The molecule has 2 aromatic carbocycles. The Kier molecular flexibility index (Phi) is 2.85. The number of rotatable bonds is 2. The molecule has 0 spiro atoms. The van der Waals surface area contributed by atoms with Crippen molar-refractivity contribution in [2.75, 3.05) is 13.2 Å². The van der Waals surface area contributed by atoms with Crippen molar-refractivity contribution in [2.45, 2.75) is 6.92 Å². The summed E-state index contributed by atoms with van der Waals surface area (Å²) in [5.74, 6) is 0.784. The van der Waals surface area contributed by atoms with E-state index in [2.05, 4.69) is 54.4 Å². The lowest BCUT2D eigenvalue weighted by molar-refractivity contribution is 0.348. The molecule has 1 heterocycles. The summed E-state index contributed by atoms with van der Waals surface area (Å²) >= 11 is 0. The van der Waals surface area contributed by atoms with Crippen LogP contribution in [-0.4, -0.2) is 19.0 Å². The van der Waals surface area contributed by atoms with Crippen molar-refractivity contribution in [1.82, 2.24) is 0 Å². The van der Waals surface area contributed by atoms with E-state index < -0.39 is 0 Å². The van der Waals surface area contributed by atoms with Gasteiger partial charge in [-0.25, -0.2) is 4.99 Å². The summed E-state index contributed by atoms with van der Waals surface area (Å²) in [5.41, 5.74) is 4.73. The van der Waals surface area contributed by atoms with Gasteiger partial charge in [0.1, 0.15) is 6.61 Å². The summed E-state index contributed by atoms with van der Waals surface area (Å²) in [6.45, 7) is 3.56. The van der Waals surface area contributed by atoms with Crippen LogP contribution in [0, 0.1) is 6.92 Å². The summed E-state index contributed by atoms with van der Waals surface area (Å²) in [6.07, 6.45) is 0. The molecule has 0 bridgehead atoms. The van der Waals surface area contributed by atoms with E-state index >= 15 is 0 Å². The molecule has 18 heavy (non-hydrogen) atoms. The molecule has 0 saturated heterocycles. The summed E-state index contributed by atoms with van der Waals surface area (Å²) in [4.78, 5) is 4.45. The van der Waals surface area contributed by atoms with Crippen LogP contribution >= 0.6 is 0 Å². The van der Waals surface area contributed by atoms with Crippen molar-refractivity contribution in [3.05, 3.63) is 59.7 Å². The van der Waals surface area contributed by atoms with Gasteiger partial charge < -0.3 is 4.74 Å². The first kappa shape index (κ1) is 11.0. The second-order valence-electron chi connectivity index (χ2n) is 4.40. The van der Waals surface area contributed by atoms with Crippen LogP contribution in [0.5, 0.6) is 0 Å². The Morgan fingerprint density at radius 3 is 2.56 bits per heavy atom. The van der Waals surface area contributed by atoms with E-state index in [-0.39, 0.29) is 0 Å².